The molecule has 0 saturated heterocycles. The molecule has 0 aromatic carbocycles. The molecule has 0 aromatic heterocycles. The van der Waals surface area contributed by atoms with Gasteiger partial charge in [0.1, 0.15) is 13.5 Å². The quantitative estimate of drug-likeness (QED) is 0.433. The topological polar surface area (TPSA) is 21.7 Å². The normalized spacial score (nSPS) is 12.4. The van der Waals surface area contributed by atoms with Gasteiger partial charge < -0.3 is 9.47 Å². The van der Waals surface area contributed by atoms with Crippen LogP contribution in [0.4, 0.5) is 0 Å². The van der Waals surface area contributed by atoms with E-state index in [2.05, 4.69) is 39.5 Å². The Kier molecular flexibility index (Phi) is 9.79. The fraction of sp³-hybridized carbons (Fsp3) is 1.00. The van der Waals surface area contributed by atoms with Gasteiger partial charge in [-0.05, 0) is 33.6 Å². The molecule has 3 heteroatoms. The summed E-state index contributed by atoms with van der Waals surface area (Å²) in [5.41, 5.74) is 0.0957. The van der Waals surface area contributed by atoms with Crippen molar-refractivity contribution >= 4 is 0 Å². The highest BCUT2D eigenvalue weighted by Crippen LogP contribution is 2.13. The molecule has 0 aliphatic rings. The van der Waals surface area contributed by atoms with Crippen LogP contribution in [0.5, 0.6) is 0 Å². The summed E-state index contributed by atoms with van der Waals surface area (Å²) in [6.07, 6.45) is 4.63. The minimum Gasteiger partial charge on any atom is -0.366 e. The zero-order chi connectivity index (χ0) is 13.1. The summed E-state index contributed by atoms with van der Waals surface area (Å²) in [5.74, 6) is 0. The summed E-state index contributed by atoms with van der Waals surface area (Å²) >= 11 is 0. The average molecular weight is 245 g/mol. The summed E-state index contributed by atoms with van der Waals surface area (Å²) in [4.78, 5) is 2.23. The predicted molar refractivity (Wildman–Crippen MR) is 73.0 cm³/mol. The van der Waals surface area contributed by atoms with Crippen LogP contribution in [0.1, 0.15) is 60.3 Å². The zero-order valence-corrected chi connectivity index (χ0v) is 12.4. The molecule has 0 saturated carbocycles. The standard InChI is InChI=1S/C14H31NO2/c1-6-8-10-16-12-15(14(3,4)5)13-17-11-9-7-2/h6-13H2,1-5H3. The zero-order valence-electron chi connectivity index (χ0n) is 12.4. The molecule has 0 aromatic rings. The summed E-state index contributed by atoms with van der Waals surface area (Å²) in [6.45, 7) is 14.0. The Morgan fingerprint density at radius 2 is 1.24 bits per heavy atom. The maximum absolute atomic E-state index is 5.67. The van der Waals surface area contributed by atoms with E-state index in [9.17, 15) is 0 Å². The molecule has 3 nitrogen and oxygen atoms in total. The van der Waals surface area contributed by atoms with Crippen molar-refractivity contribution in [3.8, 4) is 0 Å². The van der Waals surface area contributed by atoms with Crippen molar-refractivity contribution in [2.45, 2.75) is 65.8 Å². The SMILES string of the molecule is CCCCOCN(COCCCC)C(C)(C)C. The van der Waals surface area contributed by atoms with Gasteiger partial charge in [0.2, 0.25) is 0 Å². The van der Waals surface area contributed by atoms with Crippen molar-refractivity contribution in [1.82, 2.24) is 4.90 Å². The first kappa shape index (κ1) is 16.9. The summed E-state index contributed by atoms with van der Waals surface area (Å²) in [6, 6.07) is 0. The molecular weight excluding hydrogens is 214 g/mol. The van der Waals surface area contributed by atoms with Crippen molar-refractivity contribution in [3.63, 3.8) is 0 Å². The Morgan fingerprint density at radius 3 is 1.53 bits per heavy atom. The minimum atomic E-state index is 0.0957. The molecule has 0 unspecified atom stereocenters. The molecule has 0 heterocycles. The third kappa shape index (κ3) is 9.57. The molecule has 0 rings (SSSR count). The molecule has 0 atom stereocenters. The van der Waals surface area contributed by atoms with Gasteiger partial charge in [-0.2, -0.15) is 0 Å². The lowest BCUT2D eigenvalue weighted by molar-refractivity contribution is -0.0865. The molecule has 0 aliphatic carbocycles. The second kappa shape index (κ2) is 9.86. The summed E-state index contributed by atoms with van der Waals surface area (Å²) in [7, 11) is 0. The molecule has 0 N–H and O–H groups in total. The van der Waals surface area contributed by atoms with Crippen LogP contribution in [-0.2, 0) is 9.47 Å². The van der Waals surface area contributed by atoms with Crippen molar-refractivity contribution < 1.29 is 9.47 Å². The predicted octanol–water partition coefficient (Wildman–Crippen LogP) is 3.64. The molecule has 0 aliphatic heterocycles. The van der Waals surface area contributed by atoms with Gasteiger partial charge in [0.15, 0.2) is 0 Å². The van der Waals surface area contributed by atoms with Crippen LogP contribution < -0.4 is 0 Å². The van der Waals surface area contributed by atoms with E-state index in [1.54, 1.807) is 0 Å². The highest BCUT2D eigenvalue weighted by molar-refractivity contribution is 4.71. The van der Waals surface area contributed by atoms with Crippen LogP contribution in [0.15, 0.2) is 0 Å². The first-order chi connectivity index (χ1) is 8.02. The number of nitrogens with zero attached hydrogens (tertiary/aromatic N) is 1. The first-order valence-electron chi connectivity index (χ1n) is 6.92. The summed E-state index contributed by atoms with van der Waals surface area (Å²) in [5, 5.41) is 0. The average Bonchev–Trinajstić information content (AvgIpc) is 2.25. The van der Waals surface area contributed by atoms with Crippen molar-refractivity contribution in [1.29, 1.82) is 0 Å². The van der Waals surface area contributed by atoms with Gasteiger partial charge in [-0.1, -0.05) is 26.7 Å². The molecular formula is C14H31NO2. The van der Waals surface area contributed by atoms with E-state index in [4.69, 9.17) is 9.47 Å². The van der Waals surface area contributed by atoms with Crippen LogP contribution in [0, 0.1) is 0 Å². The van der Waals surface area contributed by atoms with Crippen molar-refractivity contribution in [3.05, 3.63) is 0 Å². The van der Waals surface area contributed by atoms with E-state index >= 15 is 0 Å². The monoisotopic (exact) mass is 245 g/mol. The van der Waals surface area contributed by atoms with Gasteiger partial charge in [-0.3, -0.25) is 4.90 Å². The van der Waals surface area contributed by atoms with Crippen LogP contribution in [0.2, 0.25) is 0 Å². The third-order valence-electron chi connectivity index (χ3n) is 2.73. The van der Waals surface area contributed by atoms with Gasteiger partial charge in [-0.25, -0.2) is 0 Å². The van der Waals surface area contributed by atoms with E-state index in [0.29, 0.717) is 13.5 Å². The maximum atomic E-state index is 5.67. The lowest BCUT2D eigenvalue weighted by Gasteiger charge is -2.34. The molecule has 17 heavy (non-hydrogen) atoms. The lowest BCUT2D eigenvalue weighted by Crippen LogP contribution is -2.44. The molecule has 0 amide bonds. The van der Waals surface area contributed by atoms with Crippen LogP contribution >= 0.6 is 0 Å². The summed E-state index contributed by atoms with van der Waals surface area (Å²) < 4.78 is 11.3. The molecule has 0 bridgehead atoms. The number of hydrogen-bond donors (Lipinski definition) is 0. The second-order valence-corrected chi connectivity index (χ2v) is 5.49. The smallest absolute Gasteiger partial charge is 0.101 e. The van der Waals surface area contributed by atoms with Gasteiger partial charge in [-0.15, -0.1) is 0 Å². The minimum absolute atomic E-state index is 0.0957. The van der Waals surface area contributed by atoms with Crippen LogP contribution in [0.25, 0.3) is 0 Å². The molecule has 0 radical (unpaired) electrons. The third-order valence-corrected chi connectivity index (χ3v) is 2.73. The molecule has 0 fully saturated rings. The number of hydrogen-bond acceptors (Lipinski definition) is 3. The Labute approximate surface area is 107 Å². The molecule has 0 spiro atoms. The van der Waals surface area contributed by atoms with E-state index in [-0.39, 0.29) is 5.54 Å². The van der Waals surface area contributed by atoms with Crippen molar-refractivity contribution in [2.24, 2.45) is 0 Å². The van der Waals surface area contributed by atoms with Gasteiger partial charge in [0.05, 0.1) is 0 Å². The van der Waals surface area contributed by atoms with Gasteiger partial charge in [0, 0.05) is 18.8 Å². The van der Waals surface area contributed by atoms with E-state index in [1.165, 1.54) is 12.8 Å². The fourth-order valence-electron chi connectivity index (χ4n) is 1.27. The van der Waals surface area contributed by atoms with Crippen LogP contribution in [-0.4, -0.2) is 37.1 Å². The molecule has 104 valence electrons. The Morgan fingerprint density at radius 1 is 0.824 bits per heavy atom. The van der Waals surface area contributed by atoms with E-state index < -0.39 is 0 Å². The Bertz CT molecular complexity index is 154. The number of rotatable bonds is 10. The Balaban J connectivity index is 3.81. The second-order valence-electron chi connectivity index (χ2n) is 5.49. The lowest BCUT2D eigenvalue weighted by atomic mass is 10.1. The number of unbranched alkanes of at least 4 members (excludes halogenated alkanes) is 2. The maximum Gasteiger partial charge on any atom is 0.101 e. The van der Waals surface area contributed by atoms with E-state index in [0.717, 1.165) is 26.1 Å². The first-order valence-corrected chi connectivity index (χ1v) is 6.92. The Hall–Kier alpha value is -0.120. The van der Waals surface area contributed by atoms with Crippen molar-refractivity contribution in [2.75, 3.05) is 26.7 Å². The van der Waals surface area contributed by atoms with Gasteiger partial charge in [0.25, 0.3) is 0 Å². The van der Waals surface area contributed by atoms with E-state index in [1.807, 2.05) is 0 Å². The highest BCUT2D eigenvalue weighted by Gasteiger charge is 2.21. The number of ether oxygens (including phenoxy) is 2. The highest BCUT2D eigenvalue weighted by atomic mass is 16.5. The van der Waals surface area contributed by atoms with Crippen LogP contribution in [0.3, 0.4) is 0 Å². The fourth-order valence-corrected chi connectivity index (χ4v) is 1.27. The van der Waals surface area contributed by atoms with Gasteiger partial charge >= 0.3 is 0 Å². The largest absolute Gasteiger partial charge is 0.366 e.